The summed E-state index contributed by atoms with van der Waals surface area (Å²) >= 11 is 0. The Morgan fingerprint density at radius 2 is 0.588 bits per heavy atom. The monoisotopic (exact) mass is 1130 g/mol. The normalized spacial score (nSPS) is 12.5. The first-order valence-corrected chi connectivity index (χ1v) is 36.9. The highest BCUT2D eigenvalue weighted by molar-refractivity contribution is 5.76. The smallest absolute Gasteiger partial charge is 0.305 e. The highest BCUT2D eigenvalue weighted by Gasteiger charge is 2.20. The highest BCUT2D eigenvalue weighted by Crippen LogP contribution is 2.20. The lowest BCUT2D eigenvalue weighted by Crippen LogP contribution is -2.45. The summed E-state index contributed by atoms with van der Waals surface area (Å²) in [6, 6.07) is -0.537. The van der Waals surface area contributed by atoms with E-state index >= 15 is 0 Å². The van der Waals surface area contributed by atoms with Gasteiger partial charge in [-0.15, -0.1) is 0 Å². The lowest BCUT2D eigenvalue weighted by molar-refractivity contribution is -0.143. The second-order valence-electron chi connectivity index (χ2n) is 25.6. The van der Waals surface area contributed by atoms with Gasteiger partial charge in [-0.25, -0.2) is 0 Å². The summed E-state index contributed by atoms with van der Waals surface area (Å²) in [4.78, 5) is 24.6. The number of allylic oxidation sites excluding steroid dienone is 2. The van der Waals surface area contributed by atoms with Crippen LogP contribution in [0.2, 0.25) is 0 Å². The predicted molar refractivity (Wildman–Crippen MR) is 352 cm³/mol. The van der Waals surface area contributed by atoms with Gasteiger partial charge in [0.1, 0.15) is 0 Å². The van der Waals surface area contributed by atoms with Crippen molar-refractivity contribution in [3.8, 4) is 0 Å². The van der Waals surface area contributed by atoms with E-state index in [0.717, 1.165) is 44.9 Å². The third kappa shape index (κ3) is 65.7. The number of rotatable bonds is 70. The van der Waals surface area contributed by atoms with E-state index in [-0.39, 0.29) is 18.5 Å². The SMILES string of the molecule is CCCCCCCCC/C=C\CCCCCCCC(=O)OCCCCCCCCCCCCCCCCCCCCCCCCCCCCCCCCCCC(=O)NC(CO)C(O)CCCCCCCCCCCCCCCCC. The molecule has 0 spiro atoms. The van der Waals surface area contributed by atoms with Gasteiger partial charge in [0.2, 0.25) is 5.91 Å². The van der Waals surface area contributed by atoms with Crippen molar-refractivity contribution in [1.29, 1.82) is 0 Å². The molecule has 2 unspecified atom stereocenters. The number of carbonyl (C=O) groups excluding carboxylic acids is 2. The molecule has 0 saturated heterocycles. The Morgan fingerprint density at radius 3 is 0.887 bits per heavy atom. The van der Waals surface area contributed by atoms with Crippen molar-refractivity contribution >= 4 is 11.9 Å². The number of hydrogen-bond acceptors (Lipinski definition) is 5. The summed E-state index contributed by atoms with van der Waals surface area (Å²) in [6.07, 6.45) is 87.1. The van der Waals surface area contributed by atoms with Crippen molar-refractivity contribution < 1.29 is 24.5 Å². The van der Waals surface area contributed by atoms with Crippen LogP contribution in [0.25, 0.3) is 0 Å². The van der Waals surface area contributed by atoms with E-state index in [1.165, 1.54) is 347 Å². The van der Waals surface area contributed by atoms with Crippen molar-refractivity contribution in [2.24, 2.45) is 0 Å². The number of carbonyl (C=O) groups is 2. The molecule has 0 aliphatic carbocycles. The summed E-state index contributed by atoms with van der Waals surface area (Å²) in [7, 11) is 0. The van der Waals surface area contributed by atoms with Crippen molar-refractivity contribution in [2.45, 2.75) is 437 Å². The average molecular weight is 1130 g/mol. The van der Waals surface area contributed by atoms with Gasteiger partial charge < -0.3 is 20.3 Å². The molecule has 0 aliphatic heterocycles. The summed E-state index contributed by atoms with van der Waals surface area (Å²) in [5, 5.41) is 23.3. The third-order valence-electron chi connectivity index (χ3n) is 17.6. The number of aliphatic hydroxyl groups is 2. The molecule has 0 heterocycles. The van der Waals surface area contributed by atoms with Crippen LogP contribution in [0, 0.1) is 0 Å². The zero-order valence-corrected chi connectivity index (χ0v) is 54.6. The number of hydrogen-bond donors (Lipinski definition) is 3. The Hall–Kier alpha value is -1.40. The Bertz CT molecular complexity index is 1210. The van der Waals surface area contributed by atoms with Gasteiger partial charge in [-0.1, -0.05) is 373 Å². The number of amides is 1. The van der Waals surface area contributed by atoms with Crippen LogP contribution < -0.4 is 5.32 Å². The lowest BCUT2D eigenvalue weighted by atomic mass is 10.0. The maximum Gasteiger partial charge on any atom is 0.305 e. The Kier molecular flexibility index (Phi) is 68.9. The number of esters is 1. The minimum absolute atomic E-state index is 0.0148. The summed E-state index contributed by atoms with van der Waals surface area (Å²) in [6.45, 7) is 4.99. The van der Waals surface area contributed by atoms with E-state index in [1.807, 2.05) is 0 Å². The largest absolute Gasteiger partial charge is 0.466 e. The van der Waals surface area contributed by atoms with E-state index in [0.29, 0.717) is 25.9 Å². The van der Waals surface area contributed by atoms with Crippen LogP contribution >= 0.6 is 0 Å². The molecule has 0 aliphatic rings. The van der Waals surface area contributed by atoms with Gasteiger partial charge in [0.05, 0.1) is 25.4 Å². The Morgan fingerprint density at radius 1 is 0.338 bits per heavy atom. The van der Waals surface area contributed by atoms with Crippen LogP contribution in [-0.2, 0) is 14.3 Å². The number of aliphatic hydroxyl groups excluding tert-OH is 2. The quantitative estimate of drug-likeness (QED) is 0.0320. The van der Waals surface area contributed by atoms with Crippen molar-refractivity contribution in [3.05, 3.63) is 12.2 Å². The zero-order chi connectivity index (χ0) is 57.8. The second kappa shape index (κ2) is 70.1. The summed E-state index contributed by atoms with van der Waals surface area (Å²) in [5.74, 6) is -0.0121. The molecule has 1 amide bonds. The molecule has 0 aromatic carbocycles. The first-order chi connectivity index (χ1) is 39.5. The van der Waals surface area contributed by atoms with E-state index in [2.05, 4.69) is 31.3 Å². The topological polar surface area (TPSA) is 95.9 Å². The molecule has 0 fully saturated rings. The molecule has 2 atom stereocenters. The van der Waals surface area contributed by atoms with E-state index in [4.69, 9.17) is 4.74 Å². The first kappa shape index (κ1) is 78.6. The van der Waals surface area contributed by atoms with Crippen LogP contribution in [0.4, 0.5) is 0 Å². The van der Waals surface area contributed by atoms with Gasteiger partial charge >= 0.3 is 5.97 Å². The molecular weight excluding hydrogens is 983 g/mol. The van der Waals surface area contributed by atoms with E-state index in [9.17, 15) is 19.8 Å². The second-order valence-corrected chi connectivity index (χ2v) is 25.6. The molecular formula is C74H145NO5. The summed E-state index contributed by atoms with van der Waals surface area (Å²) in [5.41, 5.74) is 0. The van der Waals surface area contributed by atoms with Crippen LogP contribution in [-0.4, -0.2) is 47.4 Å². The molecule has 0 radical (unpaired) electrons. The molecule has 0 aromatic rings. The Labute approximate surface area is 501 Å². The minimum Gasteiger partial charge on any atom is -0.466 e. The molecule has 0 saturated carbocycles. The molecule has 3 N–H and O–H groups in total. The fourth-order valence-corrected chi connectivity index (χ4v) is 11.9. The van der Waals surface area contributed by atoms with Crippen LogP contribution in [0.5, 0.6) is 0 Å². The van der Waals surface area contributed by atoms with Crippen molar-refractivity contribution in [2.75, 3.05) is 13.2 Å². The van der Waals surface area contributed by atoms with E-state index in [1.54, 1.807) is 0 Å². The van der Waals surface area contributed by atoms with Gasteiger partial charge in [0.15, 0.2) is 0 Å². The maximum absolute atomic E-state index is 12.5. The fourth-order valence-electron chi connectivity index (χ4n) is 11.9. The zero-order valence-electron chi connectivity index (χ0n) is 54.6. The van der Waals surface area contributed by atoms with E-state index < -0.39 is 12.1 Å². The molecule has 80 heavy (non-hydrogen) atoms. The van der Waals surface area contributed by atoms with Gasteiger partial charge in [0.25, 0.3) is 0 Å². The fraction of sp³-hybridized carbons (Fsp3) is 0.946. The average Bonchev–Trinajstić information content (AvgIpc) is 3.46. The van der Waals surface area contributed by atoms with Gasteiger partial charge in [-0.3, -0.25) is 9.59 Å². The first-order valence-electron chi connectivity index (χ1n) is 36.9. The standard InChI is InChI=1S/C74H145NO5/c1-3-5-7-9-11-13-15-17-19-40-44-48-52-56-60-64-68-74(79)80-69-65-61-57-53-49-45-41-37-35-33-31-29-27-25-23-21-20-22-24-26-28-30-32-34-36-39-43-47-51-55-59-63-67-73(78)75-71(70-76)72(77)66-62-58-54-50-46-42-38-18-16-14-12-10-8-6-4-2/h19,40,71-72,76-77H,3-18,20-39,41-70H2,1-2H3,(H,75,78)/b40-19-. The molecule has 476 valence electrons. The van der Waals surface area contributed by atoms with Gasteiger partial charge in [0, 0.05) is 12.8 Å². The summed E-state index contributed by atoms with van der Waals surface area (Å²) < 4.78 is 5.50. The molecule has 0 aromatic heterocycles. The molecule has 0 bridgehead atoms. The predicted octanol–water partition coefficient (Wildman–Crippen LogP) is 23.9. The molecule has 6 heteroatoms. The number of nitrogens with one attached hydrogen (secondary N) is 1. The van der Waals surface area contributed by atoms with Crippen molar-refractivity contribution in [3.63, 3.8) is 0 Å². The van der Waals surface area contributed by atoms with Crippen LogP contribution in [0.3, 0.4) is 0 Å². The van der Waals surface area contributed by atoms with Crippen LogP contribution in [0.1, 0.15) is 425 Å². The molecule has 6 nitrogen and oxygen atoms in total. The number of unbranched alkanes of at least 4 members (excludes halogenated alkanes) is 57. The highest BCUT2D eigenvalue weighted by atomic mass is 16.5. The minimum atomic E-state index is -0.660. The molecule has 0 rings (SSSR count). The maximum atomic E-state index is 12.5. The third-order valence-corrected chi connectivity index (χ3v) is 17.6. The van der Waals surface area contributed by atoms with Gasteiger partial charge in [-0.05, 0) is 51.4 Å². The Balaban J connectivity index is 3.31. The lowest BCUT2D eigenvalue weighted by Gasteiger charge is -2.22. The van der Waals surface area contributed by atoms with Crippen molar-refractivity contribution in [1.82, 2.24) is 5.32 Å². The van der Waals surface area contributed by atoms with Gasteiger partial charge in [-0.2, -0.15) is 0 Å². The van der Waals surface area contributed by atoms with Crippen LogP contribution in [0.15, 0.2) is 12.2 Å². The number of ether oxygens (including phenoxy) is 1.